The summed E-state index contributed by atoms with van der Waals surface area (Å²) in [5, 5.41) is 17.2. The molecule has 4 rings (SSSR count). The molecular weight excluding hydrogens is 611 g/mol. The number of anilines is 1. The molecule has 0 spiro atoms. The highest BCUT2D eigenvalue weighted by molar-refractivity contribution is 7.80. The fourth-order valence-electron chi connectivity index (χ4n) is 4.83. The molecule has 0 bridgehead atoms. The number of aromatic nitrogens is 2. The second-order valence-electron chi connectivity index (χ2n) is 10.9. The van der Waals surface area contributed by atoms with Crippen LogP contribution >= 0.6 is 35.4 Å². The van der Waals surface area contributed by atoms with Gasteiger partial charge in [0.1, 0.15) is 0 Å². The van der Waals surface area contributed by atoms with Crippen molar-refractivity contribution in [2.45, 2.75) is 52.7 Å². The number of hydrogen-bond acceptors (Lipinski definition) is 4. The molecule has 1 heterocycles. The molecule has 228 valence electrons. The monoisotopic (exact) mass is 646 g/mol. The summed E-state index contributed by atoms with van der Waals surface area (Å²) in [6.07, 6.45) is 4.48. The predicted octanol–water partition coefficient (Wildman–Crippen LogP) is 7.39. The number of imidazole rings is 1. The molecule has 1 amide bonds. The van der Waals surface area contributed by atoms with Crippen LogP contribution in [-0.4, -0.2) is 38.1 Å². The van der Waals surface area contributed by atoms with Gasteiger partial charge in [0.15, 0.2) is 5.11 Å². The van der Waals surface area contributed by atoms with Crippen LogP contribution in [0.15, 0.2) is 79.3 Å². The lowest BCUT2D eigenvalue weighted by Gasteiger charge is -2.33. The van der Waals surface area contributed by atoms with Crippen LogP contribution in [0.1, 0.15) is 48.2 Å². The minimum atomic E-state index is -0.197. The predicted molar refractivity (Wildman–Crippen MR) is 182 cm³/mol. The molecule has 44 heavy (non-hydrogen) atoms. The molecule has 0 aliphatic rings. The van der Waals surface area contributed by atoms with E-state index in [4.69, 9.17) is 40.7 Å². The number of para-hydroxylation sites is 1. The fraction of sp³-hybridized carbons (Fsp3) is 0.294. The third-order valence-corrected chi connectivity index (χ3v) is 8.96. The maximum atomic E-state index is 13.5. The van der Waals surface area contributed by atoms with E-state index in [1.165, 1.54) is 0 Å². The van der Waals surface area contributed by atoms with Crippen LogP contribution in [0.3, 0.4) is 0 Å². The van der Waals surface area contributed by atoms with Gasteiger partial charge in [0.05, 0.1) is 34.4 Å². The fourth-order valence-corrected chi connectivity index (χ4v) is 5.46. The normalized spacial score (nSPS) is 12.2. The van der Waals surface area contributed by atoms with Crippen LogP contribution in [-0.2, 0) is 24.3 Å². The van der Waals surface area contributed by atoms with Crippen molar-refractivity contribution in [1.29, 1.82) is 5.26 Å². The minimum absolute atomic E-state index is 0.101. The Kier molecular flexibility index (Phi) is 11.8. The van der Waals surface area contributed by atoms with Crippen molar-refractivity contribution in [2.24, 2.45) is 5.92 Å². The van der Waals surface area contributed by atoms with Crippen LogP contribution in [0.25, 0.3) is 0 Å². The third kappa shape index (κ3) is 8.82. The van der Waals surface area contributed by atoms with E-state index < -0.39 is 0 Å². The number of hydrogen-bond donors (Lipinski definition) is 2. The Hall–Kier alpha value is -3.90. The second kappa shape index (κ2) is 15.7. The molecule has 2 N–H and O–H groups in total. The van der Waals surface area contributed by atoms with E-state index >= 15 is 0 Å². The van der Waals surface area contributed by atoms with E-state index in [1.807, 2.05) is 64.9 Å². The first-order valence-electron chi connectivity index (χ1n) is 14.5. The molecule has 1 aromatic heterocycles. The standard InChI is InChI=1S/C34H36Cl2N6OS/c1-4-23(2)31(39-32(43)16-28-18-38-22-42(28)19-26-14-12-25(17-37)13-15-26)21-41(20-27-9-7-10-29(35)33(27)36)34(44)40-30-11-6-5-8-24(30)3/h5-15,18,22-23,31H,4,16,19-21H2,1-3H3,(H,39,43)(H,40,44)/t23-,31+/m0/s1. The van der Waals surface area contributed by atoms with Crippen molar-refractivity contribution >= 4 is 52.1 Å². The van der Waals surface area contributed by atoms with Crippen LogP contribution in [0.5, 0.6) is 0 Å². The van der Waals surface area contributed by atoms with Gasteiger partial charge in [-0.1, -0.05) is 85.9 Å². The van der Waals surface area contributed by atoms with Gasteiger partial charge in [0.2, 0.25) is 5.91 Å². The van der Waals surface area contributed by atoms with Gasteiger partial charge in [-0.05, 0) is 66.0 Å². The number of carbonyl (C=O) groups is 1. The van der Waals surface area contributed by atoms with Gasteiger partial charge in [-0.3, -0.25) is 4.79 Å². The van der Waals surface area contributed by atoms with Crippen molar-refractivity contribution in [2.75, 3.05) is 11.9 Å². The number of thiocarbonyl (C=S) groups is 1. The summed E-state index contributed by atoms with van der Waals surface area (Å²) in [6.45, 7) is 7.69. The van der Waals surface area contributed by atoms with Gasteiger partial charge in [0.25, 0.3) is 0 Å². The van der Waals surface area contributed by atoms with E-state index in [2.05, 4.69) is 35.5 Å². The van der Waals surface area contributed by atoms with Crippen LogP contribution in [0, 0.1) is 24.2 Å². The number of benzene rings is 3. The summed E-state index contributed by atoms with van der Waals surface area (Å²) >= 11 is 18.9. The average Bonchev–Trinajstić information content (AvgIpc) is 3.45. The van der Waals surface area contributed by atoms with E-state index in [9.17, 15) is 4.79 Å². The highest BCUT2D eigenvalue weighted by Gasteiger charge is 2.25. The van der Waals surface area contributed by atoms with E-state index in [-0.39, 0.29) is 24.3 Å². The van der Waals surface area contributed by atoms with Gasteiger partial charge in [0, 0.05) is 43.3 Å². The molecule has 0 aliphatic heterocycles. The second-order valence-corrected chi connectivity index (χ2v) is 12.1. The molecule has 0 unspecified atom stereocenters. The van der Waals surface area contributed by atoms with Gasteiger partial charge < -0.3 is 20.1 Å². The first-order valence-corrected chi connectivity index (χ1v) is 15.7. The zero-order valence-electron chi connectivity index (χ0n) is 25.1. The summed E-state index contributed by atoms with van der Waals surface area (Å²) in [5.74, 6) is 0.0662. The molecule has 0 saturated carbocycles. The topological polar surface area (TPSA) is 86.0 Å². The molecule has 2 atom stereocenters. The lowest BCUT2D eigenvalue weighted by atomic mass is 9.98. The Morgan fingerprint density at radius 3 is 2.57 bits per heavy atom. The molecule has 10 heteroatoms. The van der Waals surface area contributed by atoms with E-state index in [1.54, 1.807) is 30.7 Å². The number of amides is 1. The Morgan fingerprint density at radius 2 is 1.86 bits per heavy atom. The quantitative estimate of drug-likeness (QED) is 0.156. The first kappa shape index (κ1) is 33.0. The molecule has 3 aromatic carbocycles. The Balaban J connectivity index is 1.52. The van der Waals surface area contributed by atoms with Crippen molar-refractivity contribution in [1.82, 2.24) is 19.8 Å². The van der Waals surface area contributed by atoms with Gasteiger partial charge >= 0.3 is 0 Å². The number of halogens is 2. The highest BCUT2D eigenvalue weighted by atomic mass is 35.5. The summed E-state index contributed by atoms with van der Waals surface area (Å²) in [5.41, 5.74) is 5.25. The molecule has 0 saturated heterocycles. The van der Waals surface area contributed by atoms with Crippen molar-refractivity contribution in [3.8, 4) is 6.07 Å². The third-order valence-electron chi connectivity index (χ3n) is 7.74. The Labute approximate surface area is 274 Å². The Bertz CT molecular complexity index is 1630. The zero-order valence-corrected chi connectivity index (χ0v) is 27.4. The van der Waals surface area contributed by atoms with E-state index in [0.29, 0.717) is 40.4 Å². The largest absolute Gasteiger partial charge is 0.351 e. The average molecular weight is 648 g/mol. The summed E-state index contributed by atoms with van der Waals surface area (Å²) in [4.78, 5) is 19.8. The van der Waals surface area contributed by atoms with Gasteiger partial charge in [-0.15, -0.1) is 0 Å². The summed E-state index contributed by atoms with van der Waals surface area (Å²) in [7, 11) is 0. The van der Waals surface area contributed by atoms with Gasteiger partial charge in [-0.25, -0.2) is 4.98 Å². The molecule has 0 fully saturated rings. The maximum Gasteiger partial charge on any atom is 0.226 e. The van der Waals surface area contributed by atoms with E-state index in [0.717, 1.165) is 34.5 Å². The molecular formula is C34H36Cl2N6OS. The highest BCUT2D eigenvalue weighted by Crippen LogP contribution is 2.27. The molecule has 0 aliphatic carbocycles. The first-order chi connectivity index (χ1) is 21.2. The number of nitriles is 1. The zero-order chi connectivity index (χ0) is 31.6. The Morgan fingerprint density at radius 1 is 1.11 bits per heavy atom. The lowest BCUT2D eigenvalue weighted by molar-refractivity contribution is -0.121. The SMILES string of the molecule is CC[C@H](C)[C@@H](CN(Cc1cccc(Cl)c1Cl)C(=S)Nc1ccccc1C)NC(=O)Cc1cncn1Cc1ccc(C#N)cc1. The van der Waals surface area contributed by atoms with Crippen LogP contribution in [0.2, 0.25) is 10.0 Å². The van der Waals surface area contributed by atoms with Gasteiger partial charge in [-0.2, -0.15) is 5.26 Å². The summed E-state index contributed by atoms with van der Waals surface area (Å²) < 4.78 is 1.95. The number of carbonyl (C=O) groups excluding carboxylic acids is 1. The lowest BCUT2D eigenvalue weighted by Crippen LogP contribution is -2.50. The minimum Gasteiger partial charge on any atom is -0.351 e. The molecule has 7 nitrogen and oxygen atoms in total. The number of nitrogens with one attached hydrogen (secondary N) is 2. The van der Waals surface area contributed by atoms with Crippen LogP contribution < -0.4 is 10.6 Å². The van der Waals surface area contributed by atoms with Crippen molar-refractivity contribution < 1.29 is 4.79 Å². The smallest absolute Gasteiger partial charge is 0.226 e. The van der Waals surface area contributed by atoms with Crippen molar-refractivity contribution in [3.05, 3.63) is 117 Å². The molecule has 0 radical (unpaired) electrons. The molecule has 4 aromatic rings. The number of aryl methyl sites for hydroxylation is 1. The summed E-state index contributed by atoms with van der Waals surface area (Å²) in [6, 6.07) is 22.9. The number of rotatable bonds is 12. The number of nitrogens with zero attached hydrogens (tertiary/aromatic N) is 4. The maximum absolute atomic E-state index is 13.5. The van der Waals surface area contributed by atoms with Crippen molar-refractivity contribution in [3.63, 3.8) is 0 Å². The van der Waals surface area contributed by atoms with Crippen LogP contribution in [0.4, 0.5) is 5.69 Å².